The number of thiophene rings is 1. The van der Waals surface area contributed by atoms with Crippen molar-refractivity contribution in [3.8, 4) is 17.2 Å². The van der Waals surface area contributed by atoms with Crippen molar-refractivity contribution in [2.75, 3.05) is 7.11 Å². The molecule has 0 bridgehead atoms. The molecule has 1 aromatic carbocycles. The summed E-state index contributed by atoms with van der Waals surface area (Å²) in [5.41, 5.74) is 2.36. The lowest BCUT2D eigenvalue weighted by Gasteiger charge is -2.10. The van der Waals surface area contributed by atoms with E-state index in [0.29, 0.717) is 5.69 Å². The first kappa shape index (κ1) is 23.6. The number of carbonyl (C=O) groups excluding carboxylic acids is 1. The molecular formula is C23H20F3N5O2S. The van der Waals surface area contributed by atoms with Crippen LogP contribution in [0.15, 0.2) is 36.7 Å². The van der Waals surface area contributed by atoms with Crippen LogP contribution in [0.1, 0.15) is 31.4 Å². The van der Waals surface area contributed by atoms with Crippen molar-refractivity contribution in [2.24, 2.45) is 0 Å². The van der Waals surface area contributed by atoms with E-state index < -0.39 is 23.4 Å². The molecule has 11 heteroatoms. The second-order valence-electron chi connectivity index (χ2n) is 7.47. The molecular weight excluding hydrogens is 467 g/mol. The quantitative estimate of drug-likeness (QED) is 0.388. The Labute approximate surface area is 197 Å². The van der Waals surface area contributed by atoms with Crippen LogP contribution in [0.5, 0.6) is 0 Å². The van der Waals surface area contributed by atoms with Crippen molar-refractivity contribution in [2.45, 2.75) is 27.0 Å². The SMILES string of the molecule is COCc1c(C(=O)NCc2cc(F)c(F)c(F)c2)cnn1-c1nccc(-c2cc(C)sc2C)n1. The number of methoxy groups -OCH3 is 1. The summed E-state index contributed by atoms with van der Waals surface area (Å²) in [6.07, 6.45) is 2.95. The fourth-order valence-electron chi connectivity index (χ4n) is 3.48. The van der Waals surface area contributed by atoms with Crippen molar-refractivity contribution >= 4 is 17.2 Å². The highest BCUT2D eigenvalue weighted by Crippen LogP contribution is 2.29. The largest absolute Gasteiger partial charge is 0.378 e. The summed E-state index contributed by atoms with van der Waals surface area (Å²) in [6, 6.07) is 5.49. The molecule has 176 valence electrons. The lowest BCUT2D eigenvalue weighted by atomic mass is 10.2. The molecule has 0 unspecified atom stereocenters. The van der Waals surface area contributed by atoms with Gasteiger partial charge in [-0.2, -0.15) is 9.78 Å². The van der Waals surface area contributed by atoms with Crippen LogP contribution in [0.25, 0.3) is 17.2 Å². The van der Waals surface area contributed by atoms with Gasteiger partial charge in [-0.3, -0.25) is 4.79 Å². The van der Waals surface area contributed by atoms with E-state index in [1.165, 1.54) is 18.0 Å². The van der Waals surface area contributed by atoms with Crippen molar-refractivity contribution in [1.82, 2.24) is 25.1 Å². The van der Waals surface area contributed by atoms with E-state index in [4.69, 9.17) is 4.74 Å². The molecule has 0 fully saturated rings. The van der Waals surface area contributed by atoms with Crippen LogP contribution in [0, 0.1) is 31.3 Å². The molecule has 3 heterocycles. The molecule has 7 nitrogen and oxygen atoms in total. The van der Waals surface area contributed by atoms with Gasteiger partial charge in [0.1, 0.15) is 0 Å². The smallest absolute Gasteiger partial charge is 0.255 e. The van der Waals surface area contributed by atoms with Gasteiger partial charge in [-0.15, -0.1) is 11.3 Å². The summed E-state index contributed by atoms with van der Waals surface area (Å²) in [5.74, 6) is -4.51. The Balaban J connectivity index is 1.61. The number of nitrogens with one attached hydrogen (secondary N) is 1. The topological polar surface area (TPSA) is 81.9 Å². The summed E-state index contributed by atoms with van der Waals surface area (Å²) in [6.45, 7) is 3.85. The van der Waals surface area contributed by atoms with Crippen molar-refractivity contribution in [3.63, 3.8) is 0 Å². The molecule has 4 rings (SSSR count). The minimum Gasteiger partial charge on any atom is -0.378 e. The van der Waals surface area contributed by atoms with E-state index >= 15 is 0 Å². The molecule has 0 atom stereocenters. The average Bonchev–Trinajstić information content (AvgIpc) is 3.38. The minimum absolute atomic E-state index is 0.0345. The highest BCUT2D eigenvalue weighted by Gasteiger charge is 2.21. The van der Waals surface area contributed by atoms with Gasteiger partial charge in [0.25, 0.3) is 11.9 Å². The lowest BCUT2D eigenvalue weighted by Crippen LogP contribution is -2.24. The minimum atomic E-state index is -1.56. The van der Waals surface area contributed by atoms with Crippen LogP contribution in [0.2, 0.25) is 0 Å². The second kappa shape index (κ2) is 9.74. The number of halogens is 3. The van der Waals surface area contributed by atoms with Crippen molar-refractivity contribution in [3.05, 3.63) is 80.7 Å². The lowest BCUT2D eigenvalue weighted by molar-refractivity contribution is 0.0945. The Morgan fingerprint density at radius 3 is 2.56 bits per heavy atom. The summed E-state index contributed by atoms with van der Waals surface area (Å²) < 4.78 is 46.7. The maximum atomic E-state index is 13.5. The predicted molar refractivity (Wildman–Crippen MR) is 120 cm³/mol. The predicted octanol–water partition coefficient (Wildman–Crippen LogP) is 4.50. The summed E-state index contributed by atoms with van der Waals surface area (Å²) in [7, 11) is 1.47. The number of aromatic nitrogens is 4. The molecule has 0 aliphatic heterocycles. The van der Waals surface area contributed by atoms with Gasteiger partial charge < -0.3 is 10.1 Å². The standard InChI is InChI=1S/C23H20F3N5O2S/c1-12-6-15(13(2)34-12)19-4-5-27-23(30-19)31-20(11-33-3)16(10-29-31)22(32)28-9-14-7-17(24)21(26)18(25)8-14/h4-8,10H,9,11H2,1-3H3,(H,28,32). The van der Waals surface area contributed by atoms with Crippen LogP contribution in [0.3, 0.4) is 0 Å². The molecule has 0 radical (unpaired) electrons. The normalized spacial score (nSPS) is 11.1. The van der Waals surface area contributed by atoms with Crippen LogP contribution >= 0.6 is 11.3 Å². The van der Waals surface area contributed by atoms with Crippen molar-refractivity contribution < 1.29 is 22.7 Å². The van der Waals surface area contributed by atoms with E-state index in [0.717, 1.165) is 33.1 Å². The molecule has 34 heavy (non-hydrogen) atoms. The zero-order valence-corrected chi connectivity index (χ0v) is 19.3. The number of hydrogen-bond donors (Lipinski definition) is 1. The molecule has 0 aliphatic carbocycles. The number of benzene rings is 1. The third kappa shape index (κ3) is 4.70. The van der Waals surface area contributed by atoms with Gasteiger partial charge in [-0.1, -0.05) is 0 Å². The van der Waals surface area contributed by atoms with Crippen LogP contribution in [0.4, 0.5) is 13.2 Å². The van der Waals surface area contributed by atoms with Crippen LogP contribution in [-0.2, 0) is 17.9 Å². The average molecular weight is 488 g/mol. The van der Waals surface area contributed by atoms with Gasteiger partial charge in [0, 0.05) is 35.2 Å². The second-order valence-corrected chi connectivity index (χ2v) is 8.94. The molecule has 1 N–H and O–H groups in total. The zero-order chi connectivity index (χ0) is 24.4. The van der Waals surface area contributed by atoms with Gasteiger partial charge in [0.05, 0.1) is 29.8 Å². The van der Waals surface area contributed by atoms with E-state index in [2.05, 4.69) is 20.4 Å². The first-order valence-electron chi connectivity index (χ1n) is 10.2. The highest BCUT2D eigenvalue weighted by molar-refractivity contribution is 7.12. The van der Waals surface area contributed by atoms with Gasteiger partial charge in [0.15, 0.2) is 17.5 Å². The Morgan fingerprint density at radius 1 is 1.18 bits per heavy atom. The molecule has 1 amide bonds. The fourth-order valence-corrected chi connectivity index (χ4v) is 4.42. The van der Waals surface area contributed by atoms with Crippen molar-refractivity contribution in [1.29, 1.82) is 0 Å². The Bertz CT molecular complexity index is 1350. The first-order chi connectivity index (χ1) is 16.3. The molecule has 0 aliphatic rings. The molecule has 3 aromatic heterocycles. The third-order valence-corrected chi connectivity index (χ3v) is 6.01. The zero-order valence-electron chi connectivity index (χ0n) is 18.5. The first-order valence-corrected chi connectivity index (χ1v) is 11.0. The molecule has 0 saturated carbocycles. The highest BCUT2D eigenvalue weighted by atomic mass is 32.1. The molecule has 0 spiro atoms. The Morgan fingerprint density at radius 2 is 1.91 bits per heavy atom. The van der Waals surface area contributed by atoms with Gasteiger partial charge in [-0.05, 0) is 43.7 Å². The number of nitrogens with zero attached hydrogens (tertiary/aromatic N) is 4. The summed E-state index contributed by atoms with van der Waals surface area (Å²) in [4.78, 5) is 24.0. The van der Waals surface area contributed by atoms with Crippen LogP contribution in [-0.4, -0.2) is 32.8 Å². The number of rotatable bonds is 7. The molecule has 4 aromatic rings. The van der Waals surface area contributed by atoms with E-state index in [9.17, 15) is 18.0 Å². The van der Waals surface area contributed by atoms with E-state index in [1.807, 2.05) is 19.9 Å². The number of hydrogen-bond acceptors (Lipinski definition) is 6. The summed E-state index contributed by atoms with van der Waals surface area (Å²) >= 11 is 1.67. The summed E-state index contributed by atoms with van der Waals surface area (Å²) in [5, 5.41) is 6.82. The van der Waals surface area contributed by atoms with Crippen LogP contribution < -0.4 is 5.32 Å². The monoisotopic (exact) mass is 487 g/mol. The number of ether oxygens (including phenoxy) is 1. The molecule has 0 saturated heterocycles. The third-order valence-electron chi connectivity index (χ3n) is 5.04. The maximum absolute atomic E-state index is 13.5. The van der Waals surface area contributed by atoms with E-state index in [1.54, 1.807) is 23.6 Å². The number of amides is 1. The van der Waals surface area contributed by atoms with E-state index in [-0.39, 0.29) is 30.2 Å². The number of carbonyl (C=O) groups is 1. The Kier molecular flexibility index (Phi) is 6.75. The van der Waals surface area contributed by atoms with Gasteiger partial charge in [-0.25, -0.2) is 23.1 Å². The maximum Gasteiger partial charge on any atom is 0.255 e. The van der Waals surface area contributed by atoms with Gasteiger partial charge in [0.2, 0.25) is 0 Å². The van der Waals surface area contributed by atoms with Gasteiger partial charge >= 0.3 is 0 Å². The fraction of sp³-hybridized carbons (Fsp3) is 0.217. The Hall–Kier alpha value is -3.57. The number of aryl methyl sites for hydroxylation is 2.